The van der Waals surface area contributed by atoms with Gasteiger partial charge in [0, 0.05) is 25.7 Å². The van der Waals surface area contributed by atoms with Gasteiger partial charge in [-0.2, -0.15) is 0 Å². The summed E-state index contributed by atoms with van der Waals surface area (Å²) in [7, 11) is 1.71. The van der Waals surface area contributed by atoms with E-state index in [0.717, 1.165) is 16.5 Å². The quantitative estimate of drug-likeness (QED) is 0.743. The van der Waals surface area contributed by atoms with Gasteiger partial charge < -0.3 is 16.0 Å². The fourth-order valence-corrected chi connectivity index (χ4v) is 2.83. The maximum atomic E-state index is 12.3. The maximum Gasteiger partial charge on any atom is 0.317 e. The van der Waals surface area contributed by atoms with E-state index >= 15 is 0 Å². The van der Waals surface area contributed by atoms with Crippen LogP contribution in [0, 0.1) is 0 Å². The van der Waals surface area contributed by atoms with Gasteiger partial charge in [0.05, 0.1) is 0 Å². The molecule has 0 saturated heterocycles. The molecular weight excluding hydrogens is 326 g/mol. The number of primary amides is 1. The Morgan fingerprint density at radius 2 is 1.69 bits per heavy atom. The average molecular weight is 347 g/mol. The van der Waals surface area contributed by atoms with Crippen LogP contribution < -0.4 is 11.1 Å². The van der Waals surface area contributed by atoms with Crippen LogP contribution in [0.4, 0.5) is 4.79 Å². The van der Waals surface area contributed by atoms with Gasteiger partial charge in [-0.25, -0.2) is 4.79 Å². The van der Waals surface area contributed by atoms with Crippen LogP contribution in [-0.4, -0.2) is 23.9 Å². The van der Waals surface area contributed by atoms with Gasteiger partial charge >= 0.3 is 6.03 Å². The summed E-state index contributed by atoms with van der Waals surface area (Å²) in [4.78, 5) is 25.2. The third-order valence-corrected chi connectivity index (χ3v) is 4.24. The number of nitrogens with two attached hydrogens (primary N) is 1. The summed E-state index contributed by atoms with van der Waals surface area (Å²) < 4.78 is 0. The zero-order chi connectivity index (χ0) is 18.5. The zero-order valence-corrected chi connectivity index (χ0v) is 14.6. The molecule has 0 bridgehead atoms. The number of rotatable bonds is 5. The van der Waals surface area contributed by atoms with Crippen molar-refractivity contribution in [2.75, 3.05) is 7.05 Å². The van der Waals surface area contributed by atoms with Gasteiger partial charge in [0.15, 0.2) is 0 Å². The molecule has 5 heteroatoms. The third-order valence-electron chi connectivity index (χ3n) is 4.24. The number of urea groups is 1. The topological polar surface area (TPSA) is 75.4 Å². The molecule has 132 valence electrons. The van der Waals surface area contributed by atoms with Crippen LogP contribution in [0.3, 0.4) is 0 Å². The molecule has 3 N–H and O–H groups in total. The Morgan fingerprint density at radius 3 is 2.46 bits per heavy atom. The summed E-state index contributed by atoms with van der Waals surface area (Å²) in [5.74, 6) is -0.477. The summed E-state index contributed by atoms with van der Waals surface area (Å²) in [6.07, 6.45) is 0. The second-order valence-electron chi connectivity index (χ2n) is 6.26. The number of fused-ring (bicyclic) bond motifs is 1. The highest BCUT2D eigenvalue weighted by Gasteiger charge is 2.10. The van der Waals surface area contributed by atoms with Crippen molar-refractivity contribution in [1.82, 2.24) is 10.2 Å². The predicted molar refractivity (Wildman–Crippen MR) is 103 cm³/mol. The Hall–Kier alpha value is -3.34. The summed E-state index contributed by atoms with van der Waals surface area (Å²) in [5, 5.41) is 5.24. The number of amides is 3. The van der Waals surface area contributed by atoms with Crippen LogP contribution in [0.5, 0.6) is 0 Å². The van der Waals surface area contributed by atoms with Crippen molar-refractivity contribution in [3.05, 3.63) is 83.4 Å². The van der Waals surface area contributed by atoms with Crippen molar-refractivity contribution in [1.29, 1.82) is 0 Å². The first-order valence-corrected chi connectivity index (χ1v) is 8.38. The lowest BCUT2D eigenvalue weighted by Crippen LogP contribution is -2.36. The third kappa shape index (κ3) is 4.19. The van der Waals surface area contributed by atoms with Crippen LogP contribution in [0.1, 0.15) is 21.5 Å². The van der Waals surface area contributed by atoms with Crippen molar-refractivity contribution in [2.45, 2.75) is 13.1 Å². The smallest absolute Gasteiger partial charge is 0.317 e. The minimum atomic E-state index is -0.477. The number of hydrogen-bond acceptors (Lipinski definition) is 2. The minimum Gasteiger partial charge on any atom is -0.366 e. The molecule has 0 aliphatic carbocycles. The lowest BCUT2D eigenvalue weighted by atomic mass is 10.1. The second kappa shape index (κ2) is 7.70. The highest BCUT2D eigenvalue weighted by Crippen LogP contribution is 2.15. The van der Waals surface area contributed by atoms with E-state index in [1.54, 1.807) is 30.1 Å². The summed E-state index contributed by atoms with van der Waals surface area (Å²) in [5.41, 5.74) is 7.62. The van der Waals surface area contributed by atoms with E-state index in [1.807, 2.05) is 24.3 Å². The first kappa shape index (κ1) is 17.5. The normalized spacial score (nSPS) is 10.5. The highest BCUT2D eigenvalue weighted by molar-refractivity contribution is 5.92. The Kier molecular flexibility index (Phi) is 5.17. The fourth-order valence-electron chi connectivity index (χ4n) is 2.83. The summed E-state index contributed by atoms with van der Waals surface area (Å²) in [6, 6.07) is 21.1. The second-order valence-corrected chi connectivity index (χ2v) is 6.26. The molecule has 0 saturated carbocycles. The molecule has 3 rings (SSSR count). The molecule has 0 aromatic heterocycles. The Bertz CT molecular complexity index is 953. The maximum absolute atomic E-state index is 12.3. The van der Waals surface area contributed by atoms with Gasteiger partial charge in [0.1, 0.15) is 0 Å². The molecule has 0 heterocycles. The molecule has 5 nitrogen and oxygen atoms in total. The van der Waals surface area contributed by atoms with Gasteiger partial charge in [-0.1, -0.05) is 48.5 Å². The standard InChI is InChI=1S/C21H21N3O2/c1-24(14-16-5-4-8-19(12-16)20(22)25)21(26)23-13-15-9-10-17-6-2-3-7-18(17)11-15/h2-12H,13-14H2,1H3,(H2,22,25)(H,23,26). The van der Waals surface area contributed by atoms with Gasteiger partial charge in [0.25, 0.3) is 0 Å². The first-order valence-electron chi connectivity index (χ1n) is 8.38. The lowest BCUT2D eigenvalue weighted by Gasteiger charge is -2.18. The number of nitrogens with zero attached hydrogens (tertiary/aromatic N) is 1. The van der Waals surface area contributed by atoms with Crippen molar-refractivity contribution in [3.8, 4) is 0 Å². The van der Waals surface area contributed by atoms with Crippen molar-refractivity contribution in [3.63, 3.8) is 0 Å². The Morgan fingerprint density at radius 1 is 0.923 bits per heavy atom. The first-order chi connectivity index (χ1) is 12.5. The Labute approximate surface area is 152 Å². The van der Waals surface area contributed by atoms with Crippen LogP contribution in [-0.2, 0) is 13.1 Å². The van der Waals surface area contributed by atoms with Crippen LogP contribution in [0.15, 0.2) is 66.7 Å². The minimum absolute atomic E-state index is 0.178. The monoisotopic (exact) mass is 347 g/mol. The SMILES string of the molecule is CN(Cc1cccc(C(N)=O)c1)C(=O)NCc1ccc2ccccc2c1. The Balaban J connectivity index is 1.60. The number of carbonyl (C=O) groups is 2. The molecule has 3 amide bonds. The molecule has 0 unspecified atom stereocenters. The lowest BCUT2D eigenvalue weighted by molar-refractivity contribution is 0.1000. The molecule has 0 radical (unpaired) electrons. The van der Waals surface area contributed by atoms with Gasteiger partial charge in [0.2, 0.25) is 5.91 Å². The molecular formula is C21H21N3O2. The fraction of sp³-hybridized carbons (Fsp3) is 0.143. The van der Waals surface area contributed by atoms with E-state index in [2.05, 4.69) is 29.6 Å². The van der Waals surface area contributed by atoms with E-state index in [-0.39, 0.29) is 6.03 Å². The number of nitrogens with one attached hydrogen (secondary N) is 1. The van der Waals surface area contributed by atoms with E-state index in [0.29, 0.717) is 18.7 Å². The van der Waals surface area contributed by atoms with E-state index in [4.69, 9.17) is 5.73 Å². The van der Waals surface area contributed by atoms with Crippen molar-refractivity contribution >= 4 is 22.7 Å². The van der Waals surface area contributed by atoms with Gasteiger partial charge in [-0.3, -0.25) is 4.79 Å². The van der Waals surface area contributed by atoms with Gasteiger partial charge in [-0.05, 0) is 40.1 Å². The molecule has 3 aromatic carbocycles. The van der Waals surface area contributed by atoms with Crippen LogP contribution >= 0.6 is 0 Å². The van der Waals surface area contributed by atoms with E-state index in [9.17, 15) is 9.59 Å². The predicted octanol–water partition coefficient (Wildman–Crippen LogP) is 3.28. The summed E-state index contributed by atoms with van der Waals surface area (Å²) >= 11 is 0. The number of carbonyl (C=O) groups excluding carboxylic acids is 2. The van der Waals surface area contributed by atoms with Crippen molar-refractivity contribution in [2.24, 2.45) is 5.73 Å². The van der Waals surface area contributed by atoms with Crippen molar-refractivity contribution < 1.29 is 9.59 Å². The molecule has 26 heavy (non-hydrogen) atoms. The summed E-state index contributed by atoms with van der Waals surface area (Å²) in [6.45, 7) is 0.847. The zero-order valence-electron chi connectivity index (χ0n) is 14.6. The molecule has 0 aliphatic heterocycles. The number of benzene rings is 3. The van der Waals surface area contributed by atoms with E-state index < -0.39 is 5.91 Å². The molecule has 0 aliphatic rings. The van der Waals surface area contributed by atoms with Gasteiger partial charge in [-0.15, -0.1) is 0 Å². The molecule has 0 spiro atoms. The average Bonchev–Trinajstić information content (AvgIpc) is 2.66. The molecule has 0 fully saturated rings. The largest absolute Gasteiger partial charge is 0.366 e. The molecule has 3 aromatic rings. The highest BCUT2D eigenvalue weighted by atomic mass is 16.2. The molecule has 0 atom stereocenters. The van der Waals surface area contributed by atoms with Crippen LogP contribution in [0.25, 0.3) is 10.8 Å². The van der Waals surface area contributed by atoms with Crippen LogP contribution in [0.2, 0.25) is 0 Å². The number of hydrogen-bond donors (Lipinski definition) is 2. The van der Waals surface area contributed by atoms with E-state index in [1.165, 1.54) is 5.39 Å².